The number of rotatable bonds is 6. The first-order valence-corrected chi connectivity index (χ1v) is 24.4. The van der Waals surface area contributed by atoms with Gasteiger partial charge in [-0.05, 0) is 114 Å². The van der Waals surface area contributed by atoms with E-state index in [0.717, 1.165) is 72.1 Å². The number of furan rings is 1. The number of hydrogen-bond acceptors (Lipinski definition) is 4. The Morgan fingerprint density at radius 2 is 0.806 bits per heavy atom. The first-order chi connectivity index (χ1) is 35.7. The molecule has 15 rings (SSSR count). The van der Waals surface area contributed by atoms with Crippen molar-refractivity contribution in [3.8, 4) is 62.1 Å². The third-order valence-corrected chi connectivity index (χ3v) is 14.6. The first kappa shape index (κ1) is 40.2. The van der Waals surface area contributed by atoms with E-state index >= 15 is 0 Å². The van der Waals surface area contributed by atoms with Crippen molar-refractivity contribution in [3.63, 3.8) is 0 Å². The fourth-order valence-electron chi connectivity index (χ4n) is 11.3. The number of nitrogens with zero attached hydrogens (tertiary/aromatic N) is 4. The molecule has 0 atom stereocenters. The summed E-state index contributed by atoms with van der Waals surface area (Å²) in [7, 11) is 0. The van der Waals surface area contributed by atoms with Crippen LogP contribution in [0.15, 0.2) is 247 Å². The minimum atomic E-state index is 0.573. The Balaban J connectivity index is 0.852. The Kier molecular flexibility index (Phi) is 8.89. The average molecular weight is 917 g/mol. The third-order valence-electron chi connectivity index (χ3n) is 14.6. The summed E-state index contributed by atoms with van der Waals surface area (Å²) in [6.45, 7) is 0. The van der Waals surface area contributed by atoms with Gasteiger partial charge in [0.2, 0.25) is 0 Å². The van der Waals surface area contributed by atoms with Crippen LogP contribution in [-0.4, -0.2) is 19.5 Å². The SMILES string of the molecule is c1ccc(-c2nc(-c3cccc(-c4ccc5c6ccccc6c6ccccc6c5c4)c3)nc(-c3ccc4c(c3)oc3c(-c5ccc6c(c5)c5c7ccccc7ccc5n6-c5ccccc5)cccc34)n2)cc1. The molecule has 0 unspecified atom stereocenters. The van der Waals surface area contributed by atoms with Gasteiger partial charge in [0, 0.05) is 49.5 Å². The number of aromatic nitrogens is 4. The van der Waals surface area contributed by atoms with Gasteiger partial charge in [-0.15, -0.1) is 0 Å². The van der Waals surface area contributed by atoms with Crippen molar-refractivity contribution >= 4 is 86.8 Å². The van der Waals surface area contributed by atoms with Crippen LogP contribution in [0.1, 0.15) is 0 Å². The van der Waals surface area contributed by atoms with Crippen LogP contribution >= 0.6 is 0 Å². The van der Waals surface area contributed by atoms with Crippen molar-refractivity contribution < 1.29 is 4.42 Å². The fraction of sp³-hybridized carbons (Fsp3) is 0. The van der Waals surface area contributed by atoms with Crippen molar-refractivity contribution in [2.45, 2.75) is 0 Å². The van der Waals surface area contributed by atoms with Crippen LogP contribution in [-0.2, 0) is 0 Å². The molecule has 0 bridgehead atoms. The molecule has 0 radical (unpaired) electrons. The zero-order valence-corrected chi connectivity index (χ0v) is 38.8. The molecule has 0 saturated carbocycles. The van der Waals surface area contributed by atoms with E-state index in [9.17, 15) is 0 Å². The zero-order valence-electron chi connectivity index (χ0n) is 38.8. The maximum atomic E-state index is 6.94. The molecule has 334 valence electrons. The minimum absolute atomic E-state index is 0.573. The highest BCUT2D eigenvalue weighted by atomic mass is 16.3. The molecule has 0 aliphatic rings. The molecule has 15 aromatic rings. The van der Waals surface area contributed by atoms with E-state index in [1.54, 1.807) is 0 Å². The van der Waals surface area contributed by atoms with Gasteiger partial charge in [-0.25, -0.2) is 15.0 Å². The molecule has 12 aromatic carbocycles. The van der Waals surface area contributed by atoms with Crippen molar-refractivity contribution in [2.24, 2.45) is 0 Å². The molecular weight excluding hydrogens is 877 g/mol. The van der Waals surface area contributed by atoms with E-state index < -0.39 is 0 Å². The number of benzene rings is 12. The molecule has 0 N–H and O–H groups in total. The van der Waals surface area contributed by atoms with Crippen LogP contribution in [0.5, 0.6) is 0 Å². The Bertz CT molecular complexity index is 4650. The highest BCUT2D eigenvalue weighted by molar-refractivity contribution is 6.26. The van der Waals surface area contributed by atoms with E-state index in [2.05, 4.69) is 217 Å². The van der Waals surface area contributed by atoms with Crippen LogP contribution in [0.25, 0.3) is 149 Å². The highest BCUT2D eigenvalue weighted by Crippen LogP contribution is 2.43. The molecule has 5 heteroatoms. The number of fused-ring (bicyclic) bond motifs is 14. The molecule has 0 aliphatic heterocycles. The van der Waals surface area contributed by atoms with Crippen LogP contribution in [0, 0.1) is 0 Å². The summed E-state index contributed by atoms with van der Waals surface area (Å²) in [4.78, 5) is 15.5. The van der Waals surface area contributed by atoms with Gasteiger partial charge in [-0.2, -0.15) is 0 Å². The topological polar surface area (TPSA) is 56.7 Å². The van der Waals surface area contributed by atoms with Crippen molar-refractivity contribution in [1.29, 1.82) is 0 Å². The number of para-hydroxylation sites is 2. The van der Waals surface area contributed by atoms with Gasteiger partial charge in [-0.1, -0.05) is 188 Å². The van der Waals surface area contributed by atoms with E-state index in [4.69, 9.17) is 19.4 Å². The molecule has 0 aliphatic carbocycles. The van der Waals surface area contributed by atoms with E-state index in [1.165, 1.54) is 59.4 Å². The van der Waals surface area contributed by atoms with Gasteiger partial charge in [0.25, 0.3) is 0 Å². The van der Waals surface area contributed by atoms with Gasteiger partial charge in [0.1, 0.15) is 11.2 Å². The summed E-state index contributed by atoms with van der Waals surface area (Å²) in [5, 5.41) is 14.5. The van der Waals surface area contributed by atoms with Crippen molar-refractivity contribution in [1.82, 2.24) is 19.5 Å². The van der Waals surface area contributed by atoms with Crippen LogP contribution in [0.4, 0.5) is 0 Å². The largest absolute Gasteiger partial charge is 0.455 e. The van der Waals surface area contributed by atoms with Gasteiger partial charge < -0.3 is 8.98 Å². The monoisotopic (exact) mass is 916 g/mol. The second-order valence-electron chi connectivity index (χ2n) is 18.7. The average Bonchev–Trinajstić information content (AvgIpc) is 4.01. The Labute approximate surface area is 413 Å². The summed E-state index contributed by atoms with van der Waals surface area (Å²) < 4.78 is 9.32. The fourth-order valence-corrected chi connectivity index (χ4v) is 11.3. The lowest BCUT2D eigenvalue weighted by molar-refractivity contribution is 0.670. The Hall–Kier alpha value is -9.71. The lowest BCUT2D eigenvalue weighted by Gasteiger charge is -2.13. The van der Waals surface area contributed by atoms with Gasteiger partial charge in [0.05, 0.1) is 11.0 Å². The molecule has 0 spiro atoms. The van der Waals surface area contributed by atoms with Crippen molar-refractivity contribution in [2.75, 3.05) is 0 Å². The molecule has 3 heterocycles. The van der Waals surface area contributed by atoms with Crippen LogP contribution in [0.2, 0.25) is 0 Å². The predicted molar refractivity (Wildman–Crippen MR) is 299 cm³/mol. The van der Waals surface area contributed by atoms with Gasteiger partial charge in [0.15, 0.2) is 17.5 Å². The molecular formula is C67H40N4O. The second-order valence-corrected chi connectivity index (χ2v) is 18.7. The summed E-state index contributed by atoms with van der Waals surface area (Å²) in [6, 6.07) is 86.3. The molecule has 0 amide bonds. The Morgan fingerprint density at radius 1 is 0.292 bits per heavy atom. The lowest BCUT2D eigenvalue weighted by Crippen LogP contribution is -2.00. The maximum absolute atomic E-state index is 6.94. The first-order valence-electron chi connectivity index (χ1n) is 24.4. The van der Waals surface area contributed by atoms with E-state index in [1.807, 2.05) is 30.3 Å². The molecule has 0 saturated heterocycles. The van der Waals surface area contributed by atoms with Crippen molar-refractivity contribution in [3.05, 3.63) is 243 Å². The zero-order chi connectivity index (χ0) is 47.3. The summed E-state index contributed by atoms with van der Waals surface area (Å²) >= 11 is 0. The smallest absolute Gasteiger partial charge is 0.164 e. The van der Waals surface area contributed by atoms with Crippen LogP contribution < -0.4 is 0 Å². The number of hydrogen-bond donors (Lipinski definition) is 0. The normalized spacial score (nSPS) is 11.9. The summed E-state index contributed by atoms with van der Waals surface area (Å²) in [6.07, 6.45) is 0. The minimum Gasteiger partial charge on any atom is -0.455 e. The predicted octanol–water partition coefficient (Wildman–Crippen LogP) is 17.8. The second kappa shape index (κ2) is 15.9. The highest BCUT2D eigenvalue weighted by Gasteiger charge is 2.20. The van der Waals surface area contributed by atoms with Gasteiger partial charge >= 0.3 is 0 Å². The van der Waals surface area contributed by atoms with E-state index in [0.29, 0.717) is 17.5 Å². The quantitative estimate of drug-likeness (QED) is 0.156. The van der Waals surface area contributed by atoms with E-state index in [-0.39, 0.29) is 0 Å². The molecule has 0 fully saturated rings. The Morgan fingerprint density at radius 3 is 1.57 bits per heavy atom. The molecule has 72 heavy (non-hydrogen) atoms. The summed E-state index contributed by atoms with van der Waals surface area (Å²) in [5.74, 6) is 1.78. The lowest BCUT2D eigenvalue weighted by atomic mass is 9.92. The molecule has 5 nitrogen and oxygen atoms in total. The standard InChI is InChI=1S/C67H40N4O/c1-3-16-42(17-4-1)65-68-66(46-19-13-18-43(37-46)44-29-33-55-53-25-10-9-23-51(53)52-24-11-12-26-54(52)58(55)38-44)70-67(69-65)47-30-34-56-57-28-14-27-50(64(57)72-62(56)40-47)45-32-35-60-59(39-45)63-49-22-8-7-15-41(49)31-36-61(63)71(60)48-20-5-2-6-21-48/h1-40H. The third kappa shape index (κ3) is 6.31. The summed E-state index contributed by atoms with van der Waals surface area (Å²) in [5.41, 5.74) is 12.1. The van der Waals surface area contributed by atoms with Gasteiger partial charge in [-0.3, -0.25) is 0 Å². The molecule has 3 aromatic heterocycles. The maximum Gasteiger partial charge on any atom is 0.164 e. The van der Waals surface area contributed by atoms with Crippen LogP contribution in [0.3, 0.4) is 0 Å².